The number of carbonyl (C=O) groups excluding carboxylic acids is 1. The molecular formula is C27H45FN4O3S. The molecule has 204 valence electrons. The first kappa shape index (κ1) is 31.8. The Bertz CT molecular complexity index is 1060. The summed E-state index contributed by atoms with van der Waals surface area (Å²) in [5.41, 5.74) is 0.920. The average Bonchev–Trinajstić information content (AvgIpc) is 3.29. The number of aryl methyl sites for hydroxylation is 1. The molecule has 0 saturated carbocycles. The molecule has 1 aromatic heterocycles. The number of carbonyl (C=O) groups is 1. The molecule has 1 aliphatic heterocycles. The first-order valence-electron chi connectivity index (χ1n) is 13.2. The number of amides is 1. The summed E-state index contributed by atoms with van der Waals surface area (Å²) < 4.78 is 43.1. The molecule has 2 aromatic rings. The van der Waals surface area contributed by atoms with Crippen molar-refractivity contribution in [3.05, 3.63) is 53.1 Å². The largest absolute Gasteiger partial charge is 0.350 e. The lowest BCUT2D eigenvalue weighted by atomic mass is 9.74. The van der Waals surface area contributed by atoms with E-state index in [1.807, 2.05) is 61.6 Å². The quantitative estimate of drug-likeness (QED) is 0.508. The lowest BCUT2D eigenvalue weighted by Crippen LogP contribution is -2.44. The molecule has 3 rings (SSSR count). The van der Waals surface area contributed by atoms with E-state index in [4.69, 9.17) is 0 Å². The highest BCUT2D eigenvalue weighted by Gasteiger charge is 2.38. The normalized spacial score (nSPS) is 17.3. The minimum Gasteiger partial charge on any atom is -0.350 e. The van der Waals surface area contributed by atoms with Crippen LogP contribution in [0, 0.1) is 5.82 Å². The van der Waals surface area contributed by atoms with E-state index in [2.05, 4.69) is 10.4 Å². The predicted octanol–water partition coefficient (Wildman–Crippen LogP) is 5.30. The maximum Gasteiger partial charge on any atom is 0.230 e. The topological polar surface area (TPSA) is 84.3 Å². The van der Waals surface area contributed by atoms with Gasteiger partial charge in [-0.3, -0.25) is 9.48 Å². The molecule has 0 aliphatic carbocycles. The van der Waals surface area contributed by atoms with Crippen LogP contribution in [-0.4, -0.2) is 40.2 Å². The lowest BCUT2D eigenvalue weighted by Gasteiger charge is -2.33. The van der Waals surface area contributed by atoms with E-state index in [-0.39, 0.29) is 24.2 Å². The Morgan fingerprint density at radius 3 is 2.31 bits per heavy atom. The van der Waals surface area contributed by atoms with Gasteiger partial charge in [-0.15, -0.1) is 0 Å². The fourth-order valence-corrected chi connectivity index (χ4v) is 6.27. The van der Waals surface area contributed by atoms with Gasteiger partial charge in [0.15, 0.2) is 0 Å². The zero-order chi connectivity index (χ0) is 27.5. The maximum atomic E-state index is 15.1. The number of halogens is 1. The van der Waals surface area contributed by atoms with Crippen LogP contribution < -0.4 is 5.32 Å². The molecule has 1 fully saturated rings. The molecule has 1 aromatic carbocycles. The zero-order valence-electron chi connectivity index (χ0n) is 23.3. The monoisotopic (exact) mass is 524 g/mol. The standard InChI is InChI=1S/C23H33FN4O3S.2C2H6/c1-5-23(6-2,22(29)25-15-20-11-12-26-27(20)4)19-10-9-18(21(24)14-19)16-28-17(3)8-7-13-32(28,30)31;2*1-2/h9-12,14,17H,5-8,13,15-16H2,1-4H3,(H,25,29);2*1-2H3. The van der Waals surface area contributed by atoms with Crippen LogP contribution in [0.15, 0.2) is 30.5 Å². The molecule has 0 radical (unpaired) electrons. The van der Waals surface area contributed by atoms with E-state index in [1.165, 1.54) is 10.4 Å². The second kappa shape index (κ2) is 14.5. The van der Waals surface area contributed by atoms with Crippen LogP contribution in [0.3, 0.4) is 0 Å². The fraction of sp³-hybridized carbons (Fsp3) is 0.630. The van der Waals surface area contributed by atoms with Gasteiger partial charge in [0.1, 0.15) is 5.82 Å². The van der Waals surface area contributed by atoms with Crippen LogP contribution >= 0.6 is 0 Å². The highest BCUT2D eigenvalue weighted by Crippen LogP contribution is 2.34. The van der Waals surface area contributed by atoms with Crippen molar-refractivity contribution in [3.8, 4) is 0 Å². The number of hydrogen-bond donors (Lipinski definition) is 1. The van der Waals surface area contributed by atoms with Gasteiger partial charge in [-0.2, -0.15) is 9.40 Å². The summed E-state index contributed by atoms with van der Waals surface area (Å²) >= 11 is 0. The molecule has 2 heterocycles. The number of hydrogen-bond acceptors (Lipinski definition) is 4. The van der Waals surface area contributed by atoms with Gasteiger partial charge in [0.2, 0.25) is 15.9 Å². The van der Waals surface area contributed by atoms with Gasteiger partial charge in [-0.05, 0) is 50.3 Å². The van der Waals surface area contributed by atoms with Gasteiger partial charge in [0.25, 0.3) is 0 Å². The van der Waals surface area contributed by atoms with Crippen molar-refractivity contribution in [1.29, 1.82) is 0 Å². The SMILES string of the molecule is CC.CC.CCC(CC)(C(=O)NCc1ccnn1C)c1ccc(CN2C(C)CCCS2(=O)=O)c(F)c1. The third-order valence-electron chi connectivity index (χ3n) is 6.80. The lowest BCUT2D eigenvalue weighted by molar-refractivity contribution is -0.127. The Balaban J connectivity index is 0.00000154. The van der Waals surface area contributed by atoms with Crippen molar-refractivity contribution >= 4 is 15.9 Å². The molecular weight excluding hydrogens is 479 g/mol. The summed E-state index contributed by atoms with van der Waals surface area (Å²) in [7, 11) is -1.57. The summed E-state index contributed by atoms with van der Waals surface area (Å²) in [6, 6.07) is 6.46. The van der Waals surface area contributed by atoms with E-state index in [1.54, 1.807) is 23.0 Å². The second-order valence-corrected chi connectivity index (χ2v) is 10.6. The second-order valence-electron chi connectivity index (χ2n) is 8.58. The minimum atomic E-state index is -3.39. The third-order valence-corrected chi connectivity index (χ3v) is 8.81. The number of nitrogens with one attached hydrogen (secondary N) is 1. The van der Waals surface area contributed by atoms with Crippen LogP contribution in [-0.2, 0) is 40.4 Å². The van der Waals surface area contributed by atoms with Crippen LogP contribution in [0.1, 0.15) is 91.0 Å². The van der Waals surface area contributed by atoms with Gasteiger partial charge in [0, 0.05) is 31.4 Å². The van der Waals surface area contributed by atoms with Gasteiger partial charge in [-0.1, -0.05) is 53.7 Å². The summed E-state index contributed by atoms with van der Waals surface area (Å²) in [6.45, 7) is 14.0. The third kappa shape index (κ3) is 7.16. The van der Waals surface area contributed by atoms with Crippen molar-refractivity contribution in [2.24, 2.45) is 7.05 Å². The Morgan fingerprint density at radius 2 is 1.81 bits per heavy atom. The molecule has 1 atom stereocenters. The van der Waals surface area contributed by atoms with Crippen LogP contribution in [0.5, 0.6) is 0 Å². The molecule has 1 saturated heterocycles. The highest BCUT2D eigenvalue weighted by atomic mass is 32.2. The predicted molar refractivity (Wildman–Crippen MR) is 144 cm³/mol. The van der Waals surface area contributed by atoms with Crippen molar-refractivity contribution in [3.63, 3.8) is 0 Å². The van der Waals surface area contributed by atoms with Crippen LogP contribution in [0.25, 0.3) is 0 Å². The van der Waals surface area contributed by atoms with Gasteiger partial charge < -0.3 is 5.32 Å². The molecule has 1 N–H and O–H groups in total. The van der Waals surface area contributed by atoms with E-state index >= 15 is 4.39 Å². The fourth-order valence-electron chi connectivity index (χ4n) is 4.52. The molecule has 1 aliphatic rings. The van der Waals surface area contributed by atoms with Gasteiger partial charge >= 0.3 is 0 Å². The van der Waals surface area contributed by atoms with Crippen LogP contribution in [0.4, 0.5) is 4.39 Å². The number of benzene rings is 1. The Labute approximate surface area is 217 Å². The number of sulfonamides is 1. The summed E-state index contributed by atoms with van der Waals surface area (Å²) in [5, 5.41) is 7.08. The smallest absolute Gasteiger partial charge is 0.230 e. The first-order valence-corrected chi connectivity index (χ1v) is 14.8. The van der Waals surface area contributed by atoms with E-state index in [0.29, 0.717) is 36.9 Å². The number of aromatic nitrogens is 2. The summed E-state index contributed by atoms with van der Waals surface area (Å²) in [4.78, 5) is 13.2. The van der Waals surface area contributed by atoms with Crippen molar-refractivity contribution in [1.82, 2.24) is 19.4 Å². The zero-order valence-corrected chi connectivity index (χ0v) is 24.1. The number of nitrogens with zero attached hydrogens (tertiary/aromatic N) is 3. The Hall–Kier alpha value is -2.26. The average molecular weight is 525 g/mol. The van der Waals surface area contributed by atoms with E-state index in [9.17, 15) is 13.2 Å². The molecule has 0 bridgehead atoms. The van der Waals surface area contributed by atoms with Crippen molar-refractivity contribution in [2.75, 3.05) is 5.75 Å². The van der Waals surface area contributed by atoms with Gasteiger partial charge in [-0.25, -0.2) is 12.8 Å². The van der Waals surface area contributed by atoms with E-state index in [0.717, 1.165) is 12.1 Å². The van der Waals surface area contributed by atoms with Crippen molar-refractivity contribution < 1.29 is 17.6 Å². The molecule has 7 nitrogen and oxygen atoms in total. The molecule has 9 heteroatoms. The minimum absolute atomic E-state index is 0.00749. The molecule has 36 heavy (non-hydrogen) atoms. The highest BCUT2D eigenvalue weighted by molar-refractivity contribution is 7.89. The molecule has 1 amide bonds. The van der Waals surface area contributed by atoms with Crippen molar-refractivity contribution in [2.45, 2.75) is 98.7 Å². The summed E-state index contributed by atoms with van der Waals surface area (Å²) in [5.74, 6) is -0.549. The van der Waals surface area contributed by atoms with E-state index < -0.39 is 21.3 Å². The number of rotatable bonds is 8. The molecule has 1 unspecified atom stereocenters. The Morgan fingerprint density at radius 1 is 1.17 bits per heavy atom. The molecule has 0 spiro atoms. The first-order chi connectivity index (χ1) is 17.1. The van der Waals surface area contributed by atoms with Gasteiger partial charge in [0.05, 0.1) is 23.4 Å². The Kier molecular flexibility index (Phi) is 12.8. The summed E-state index contributed by atoms with van der Waals surface area (Å²) in [6.07, 6.45) is 4.09. The maximum absolute atomic E-state index is 15.1. The van der Waals surface area contributed by atoms with Crippen LogP contribution in [0.2, 0.25) is 0 Å².